The number of hydrogen-bond donors (Lipinski definition) is 0. The topological polar surface area (TPSA) is 38.8 Å². The van der Waals surface area contributed by atoms with Crippen LogP contribution in [0, 0.1) is 0 Å². The Balaban J connectivity index is 1.36. The van der Waals surface area contributed by atoms with Crippen LogP contribution in [0.4, 0.5) is 0 Å². The van der Waals surface area contributed by atoms with Gasteiger partial charge in [-0.05, 0) is 41.5 Å². The van der Waals surface area contributed by atoms with Gasteiger partial charge in [0.2, 0.25) is 0 Å². The quantitative estimate of drug-likeness (QED) is 0.655. The maximum absolute atomic E-state index is 13.1. The molecule has 1 saturated heterocycles. The molecule has 3 aromatic rings. The summed E-state index contributed by atoms with van der Waals surface area (Å²) in [5.41, 5.74) is 2.38. The normalized spacial score (nSPS) is 18.0. The molecule has 3 heterocycles. The first kappa shape index (κ1) is 16.8. The fourth-order valence-corrected chi connectivity index (χ4v) is 5.45. The summed E-state index contributed by atoms with van der Waals surface area (Å²) in [4.78, 5) is 15.8. The molecule has 1 fully saturated rings. The first-order chi connectivity index (χ1) is 13.2. The van der Waals surface area contributed by atoms with Crippen molar-refractivity contribution in [3.05, 3.63) is 64.5 Å². The van der Waals surface area contributed by atoms with Gasteiger partial charge in [0, 0.05) is 13.1 Å². The number of ether oxygens (including phenoxy) is 2. The van der Waals surface area contributed by atoms with Gasteiger partial charge < -0.3 is 14.4 Å². The summed E-state index contributed by atoms with van der Waals surface area (Å²) in [5, 5.41) is 1.06. The second-order valence-corrected chi connectivity index (χ2v) is 8.27. The average Bonchev–Trinajstić information content (AvgIpc) is 3.31. The van der Waals surface area contributed by atoms with E-state index in [2.05, 4.69) is 24.3 Å². The van der Waals surface area contributed by atoms with E-state index < -0.39 is 0 Å². The monoisotopic (exact) mass is 379 g/mol. The predicted molar refractivity (Wildman–Crippen MR) is 106 cm³/mol. The fraction of sp³-hybridized carbons (Fsp3) is 0.318. The summed E-state index contributed by atoms with van der Waals surface area (Å²) in [6.07, 6.45) is 1.70. The fourth-order valence-electron chi connectivity index (χ4n) is 4.33. The van der Waals surface area contributed by atoms with Crippen LogP contribution in [0.1, 0.15) is 33.6 Å². The van der Waals surface area contributed by atoms with E-state index in [1.165, 1.54) is 22.5 Å². The molecule has 0 N–H and O–H groups in total. The molecule has 0 atom stereocenters. The molecule has 2 aliphatic heterocycles. The molecule has 5 rings (SSSR count). The van der Waals surface area contributed by atoms with Crippen LogP contribution in [-0.2, 0) is 16.9 Å². The third-order valence-electron chi connectivity index (χ3n) is 5.81. The van der Waals surface area contributed by atoms with Crippen molar-refractivity contribution in [3.63, 3.8) is 0 Å². The minimum atomic E-state index is -0.212. The molecule has 1 spiro atoms. The Morgan fingerprint density at radius 3 is 2.78 bits per heavy atom. The van der Waals surface area contributed by atoms with Gasteiger partial charge in [0.15, 0.2) is 0 Å². The number of rotatable bonds is 2. The predicted octanol–water partition coefficient (Wildman–Crippen LogP) is 4.57. The molecule has 27 heavy (non-hydrogen) atoms. The maximum atomic E-state index is 13.1. The summed E-state index contributed by atoms with van der Waals surface area (Å²) in [6.45, 7) is 2.12. The smallest absolute Gasteiger partial charge is 0.263 e. The van der Waals surface area contributed by atoms with E-state index in [1.807, 2.05) is 29.2 Å². The standard InChI is InChI=1S/C22H21NO3S/c1-25-18-8-4-6-15-13-19(27-20(15)18)21(24)23-11-9-22(10-12-23)17-7-3-2-5-16(17)14-26-22/h2-8,13H,9-12,14H2,1H3. The summed E-state index contributed by atoms with van der Waals surface area (Å²) in [7, 11) is 1.67. The van der Waals surface area contributed by atoms with Crippen LogP contribution in [0.15, 0.2) is 48.5 Å². The molecule has 4 nitrogen and oxygen atoms in total. The van der Waals surface area contributed by atoms with Crippen LogP contribution in [0.3, 0.4) is 0 Å². The van der Waals surface area contributed by atoms with Crippen molar-refractivity contribution in [2.24, 2.45) is 0 Å². The Labute approximate surface area is 162 Å². The molecule has 1 amide bonds. The Morgan fingerprint density at radius 2 is 1.96 bits per heavy atom. The molecule has 0 bridgehead atoms. The summed E-state index contributed by atoms with van der Waals surface area (Å²) in [6, 6.07) is 16.4. The lowest BCUT2D eigenvalue weighted by Crippen LogP contribution is -2.44. The van der Waals surface area contributed by atoms with Gasteiger partial charge in [-0.15, -0.1) is 11.3 Å². The van der Waals surface area contributed by atoms with Crippen LogP contribution < -0.4 is 4.74 Å². The van der Waals surface area contributed by atoms with Gasteiger partial charge in [-0.25, -0.2) is 0 Å². The average molecular weight is 379 g/mol. The number of piperidine rings is 1. The van der Waals surface area contributed by atoms with E-state index in [4.69, 9.17) is 9.47 Å². The number of carbonyl (C=O) groups excluding carboxylic acids is 1. The Hall–Kier alpha value is -2.37. The largest absolute Gasteiger partial charge is 0.495 e. The third-order valence-corrected chi connectivity index (χ3v) is 6.96. The first-order valence-electron chi connectivity index (χ1n) is 9.28. The minimum absolute atomic E-state index is 0.111. The van der Waals surface area contributed by atoms with Crippen molar-refractivity contribution in [2.75, 3.05) is 20.2 Å². The minimum Gasteiger partial charge on any atom is -0.495 e. The van der Waals surface area contributed by atoms with Crippen molar-refractivity contribution in [1.82, 2.24) is 4.90 Å². The summed E-state index contributed by atoms with van der Waals surface area (Å²) < 4.78 is 12.7. The number of nitrogens with zero attached hydrogens (tertiary/aromatic N) is 1. The SMILES string of the molecule is COc1cccc2cc(C(=O)N3CCC4(CC3)OCc3ccccc34)sc12. The first-order valence-corrected chi connectivity index (χ1v) is 10.1. The lowest BCUT2D eigenvalue weighted by Gasteiger charge is -2.39. The molecular formula is C22H21NO3S. The van der Waals surface area contributed by atoms with E-state index in [9.17, 15) is 4.79 Å². The van der Waals surface area contributed by atoms with Crippen molar-refractivity contribution in [2.45, 2.75) is 25.0 Å². The van der Waals surface area contributed by atoms with Crippen LogP contribution in [0.5, 0.6) is 5.75 Å². The Morgan fingerprint density at radius 1 is 1.15 bits per heavy atom. The molecule has 2 aromatic carbocycles. The number of amides is 1. The summed E-state index contributed by atoms with van der Waals surface area (Å²) >= 11 is 1.52. The molecule has 0 unspecified atom stereocenters. The Bertz CT molecular complexity index is 1020. The van der Waals surface area contributed by atoms with Crippen molar-refractivity contribution < 1.29 is 14.3 Å². The number of likely N-dealkylation sites (tertiary alicyclic amines) is 1. The second-order valence-electron chi connectivity index (χ2n) is 7.22. The van der Waals surface area contributed by atoms with E-state index in [-0.39, 0.29) is 11.5 Å². The van der Waals surface area contributed by atoms with E-state index in [0.29, 0.717) is 6.61 Å². The van der Waals surface area contributed by atoms with Crippen LogP contribution in [-0.4, -0.2) is 31.0 Å². The van der Waals surface area contributed by atoms with Gasteiger partial charge in [0.25, 0.3) is 5.91 Å². The highest BCUT2D eigenvalue weighted by Gasteiger charge is 2.43. The van der Waals surface area contributed by atoms with Gasteiger partial charge in [-0.1, -0.05) is 36.4 Å². The Kier molecular flexibility index (Phi) is 3.95. The number of carbonyl (C=O) groups is 1. The van der Waals surface area contributed by atoms with Crippen molar-refractivity contribution >= 4 is 27.3 Å². The van der Waals surface area contributed by atoms with Crippen molar-refractivity contribution in [3.8, 4) is 5.75 Å². The highest BCUT2D eigenvalue weighted by Crippen LogP contribution is 2.44. The van der Waals surface area contributed by atoms with E-state index in [1.54, 1.807) is 7.11 Å². The highest BCUT2D eigenvalue weighted by atomic mass is 32.1. The lowest BCUT2D eigenvalue weighted by molar-refractivity contribution is -0.0741. The molecule has 1 aromatic heterocycles. The van der Waals surface area contributed by atoms with Gasteiger partial charge in [0.05, 0.1) is 28.9 Å². The van der Waals surface area contributed by atoms with Gasteiger partial charge >= 0.3 is 0 Å². The molecule has 5 heteroatoms. The summed E-state index contributed by atoms with van der Waals surface area (Å²) in [5.74, 6) is 0.935. The maximum Gasteiger partial charge on any atom is 0.263 e. The highest BCUT2D eigenvalue weighted by molar-refractivity contribution is 7.21. The van der Waals surface area contributed by atoms with E-state index >= 15 is 0 Å². The molecule has 2 aliphatic rings. The van der Waals surface area contributed by atoms with E-state index in [0.717, 1.165) is 46.6 Å². The number of fused-ring (bicyclic) bond motifs is 3. The number of benzene rings is 2. The zero-order valence-corrected chi connectivity index (χ0v) is 16.1. The van der Waals surface area contributed by atoms with Crippen LogP contribution in [0.2, 0.25) is 0 Å². The molecule has 138 valence electrons. The van der Waals surface area contributed by atoms with Crippen molar-refractivity contribution in [1.29, 1.82) is 0 Å². The third kappa shape index (κ3) is 2.65. The number of thiophene rings is 1. The van der Waals surface area contributed by atoms with Crippen LogP contribution >= 0.6 is 11.3 Å². The number of methoxy groups -OCH3 is 1. The molecule has 0 radical (unpaired) electrons. The second kappa shape index (κ2) is 6.36. The van der Waals surface area contributed by atoms with Gasteiger partial charge in [0.1, 0.15) is 5.75 Å². The lowest BCUT2D eigenvalue weighted by atomic mass is 9.84. The molecular weight excluding hydrogens is 358 g/mol. The zero-order chi connectivity index (χ0) is 18.4. The molecule has 0 saturated carbocycles. The van der Waals surface area contributed by atoms with Gasteiger partial charge in [-0.2, -0.15) is 0 Å². The van der Waals surface area contributed by atoms with Crippen LogP contribution in [0.25, 0.3) is 10.1 Å². The molecule has 0 aliphatic carbocycles. The number of hydrogen-bond acceptors (Lipinski definition) is 4. The van der Waals surface area contributed by atoms with Gasteiger partial charge in [-0.3, -0.25) is 4.79 Å². The zero-order valence-electron chi connectivity index (χ0n) is 15.2.